The van der Waals surface area contributed by atoms with Gasteiger partial charge < -0.3 is 10.6 Å². The van der Waals surface area contributed by atoms with Crippen LogP contribution in [-0.4, -0.2) is 30.3 Å². The zero-order chi connectivity index (χ0) is 19.1. The normalized spacial score (nSPS) is 13.6. The molecule has 1 aromatic carbocycles. The first-order valence-electron chi connectivity index (χ1n) is 9.08. The molecule has 0 bridgehead atoms. The van der Waals surface area contributed by atoms with Gasteiger partial charge in [-0.1, -0.05) is 36.0 Å². The van der Waals surface area contributed by atoms with Gasteiger partial charge in [0.15, 0.2) is 5.17 Å². The van der Waals surface area contributed by atoms with E-state index in [1.807, 2.05) is 6.20 Å². The lowest BCUT2D eigenvalue weighted by Gasteiger charge is -2.10. The molecular formula is C20H24F2N4S. The van der Waals surface area contributed by atoms with E-state index < -0.39 is 6.43 Å². The fraction of sp³-hybridized carbons (Fsp3) is 0.400. The Hall–Kier alpha value is -2.15. The van der Waals surface area contributed by atoms with Crippen LogP contribution in [0.3, 0.4) is 0 Å². The molecule has 0 unspecified atom stereocenters. The number of halogens is 2. The second-order valence-corrected chi connectivity index (χ2v) is 7.38. The van der Waals surface area contributed by atoms with Crippen molar-refractivity contribution in [3.8, 4) is 0 Å². The summed E-state index contributed by atoms with van der Waals surface area (Å²) >= 11 is 1.67. The number of nitrogens with one attached hydrogen (secondary N) is 2. The van der Waals surface area contributed by atoms with Gasteiger partial charge in [-0.3, -0.25) is 4.99 Å². The molecule has 0 spiro atoms. The van der Waals surface area contributed by atoms with Crippen LogP contribution >= 0.6 is 11.8 Å². The quantitative estimate of drug-likeness (QED) is 0.417. The smallest absolute Gasteiger partial charge is 0.263 e. The number of benzene rings is 1. The number of anilines is 1. The lowest BCUT2D eigenvalue weighted by molar-refractivity contribution is 0.151. The predicted octanol–water partition coefficient (Wildman–Crippen LogP) is 4.43. The van der Waals surface area contributed by atoms with Crippen LogP contribution in [0.2, 0.25) is 0 Å². The third-order valence-electron chi connectivity index (χ3n) is 4.44. The summed E-state index contributed by atoms with van der Waals surface area (Å²) in [6.07, 6.45) is 2.31. The van der Waals surface area contributed by atoms with Gasteiger partial charge in [0, 0.05) is 37.7 Å². The van der Waals surface area contributed by atoms with Crippen LogP contribution in [0.1, 0.15) is 35.1 Å². The molecule has 2 aromatic rings. The van der Waals surface area contributed by atoms with Crippen LogP contribution in [0.25, 0.3) is 0 Å². The molecule has 1 aliphatic rings. The summed E-state index contributed by atoms with van der Waals surface area (Å²) in [5.41, 5.74) is 3.63. The number of fused-ring (bicyclic) bond motifs is 1. The number of aliphatic imine (C=N–C) groups is 1. The molecule has 4 nitrogen and oxygen atoms in total. The Morgan fingerprint density at radius 1 is 1.30 bits per heavy atom. The van der Waals surface area contributed by atoms with Crippen molar-refractivity contribution in [1.29, 1.82) is 0 Å². The number of aryl methyl sites for hydroxylation is 1. The SMILES string of the molecule is CN=C(NCCCc1ccc(C(F)F)cc1)SCc1cnc2c(c1)CCN2. The van der Waals surface area contributed by atoms with Crippen LogP contribution in [0.5, 0.6) is 0 Å². The van der Waals surface area contributed by atoms with Gasteiger partial charge >= 0.3 is 0 Å². The fourth-order valence-electron chi connectivity index (χ4n) is 2.97. The molecule has 1 aliphatic heterocycles. The fourth-order valence-corrected chi connectivity index (χ4v) is 3.76. The summed E-state index contributed by atoms with van der Waals surface area (Å²) in [4.78, 5) is 8.76. The Balaban J connectivity index is 1.39. The topological polar surface area (TPSA) is 49.3 Å². The number of alkyl halides is 2. The highest BCUT2D eigenvalue weighted by Gasteiger charge is 2.12. The van der Waals surface area contributed by atoms with E-state index in [0.29, 0.717) is 0 Å². The number of hydrogen-bond acceptors (Lipinski definition) is 4. The highest BCUT2D eigenvalue weighted by Crippen LogP contribution is 2.22. The number of amidine groups is 1. The molecule has 0 aliphatic carbocycles. The van der Waals surface area contributed by atoms with Crippen molar-refractivity contribution in [3.05, 3.63) is 58.8 Å². The van der Waals surface area contributed by atoms with Gasteiger partial charge in [-0.05, 0) is 42.0 Å². The Kier molecular flexibility index (Phi) is 7.04. The van der Waals surface area contributed by atoms with Crippen molar-refractivity contribution in [2.45, 2.75) is 31.4 Å². The summed E-state index contributed by atoms with van der Waals surface area (Å²) < 4.78 is 25.1. The Morgan fingerprint density at radius 2 is 2.11 bits per heavy atom. The molecule has 1 aromatic heterocycles. The molecular weight excluding hydrogens is 366 g/mol. The molecule has 0 fully saturated rings. The van der Waals surface area contributed by atoms with Gasteiger partial charge in [-0.2, -0.15) is 0 Å². The summed E-state index contributed by atoms with van der Waals surface area (Å²) in [5, 5.41) is 7.52. The second kappa shape index (κ2) is 9.69. The highest BCUT2D eigenvalue weighted by atomic mass is 32.2. The van der Waals surface area contributed by atoms with E-state index in [1.54, 1.807) is 30.9 Å². The molecule has 27 heavy (non-hydrogen) atoms. The first-order valence-corrected chi connectivity index (χ1v) is 10.1. The van der Waals surface area contributed by atoms with E-state index in [1.165, 1.54) is 23.3 Å². The molecule has 2 heterocycles. The summed E-state index contributed by atoms with van der Waals surface area (Å²) in [7, 11) is 1.78. The maximum atomic E-state index is 12.6. The maximum absolute atomic E-state index is 12.6. The molecule has 144 valence electrons. The van der Waals surface area contributed by atoms with Gasteiger partial charge in [-0.25, -0.2) is 13.8 Å². The minimum Gasteiger partial charge on any atom is -0.370 e. The number of nitrogens with zero attached hydrogens (tertiary/aromatic N) is 2. The lowest BCUT2D eigenvalue weighted by atomic mass is 10.1. The van der Waals surface area contributed by atoms with Crippen LogP contribution in [-0.2, 0) is 18.6 Å². The van der Waals surface area contributed by atoms with Crippen LogP contribution < -0.4 is 10.6 Å². The number of thioether (sulfide) groups is 1. The zero-order valence-corrected chi connectivity index (χ0v) is 16.2. The molecule has 0 atom stereocenters. The van der Waals surface area contributed by atoms with Crippen molar-refractivity contribution in [2.75, 3.05) is 25.5 Å². The number of rotatable bonds is 7. The van der Waals surface area contributed by atoms with Crippen LogP contribution in [0.15, 0.2) is 41.5 Å². The van der Waals surface area contributed by atoms with E-state index in [-0.39, 0.29) is 5.56 Å². The van der Waals surface area contributed by atoms with E-state index in [4.69, 9.17) is 0 Å². The number of pyridine rings is 1. The molecule has 0 saturated carbocycles. The van der Waals surface area contributed by atoms with Gasteiger partial charge in [0.1, 0.15) is 5.82 Å². The Labute approximate surface area is 162 Å². The minimum absolute atomic E-state index is 0.0745. The van der Waals surface area contributed by atoms with Gasteiger partial charge in [0.05, 0.1) is 0 Å². The number of hydrogen-bond donors (Lipinski definition) is 2. The Morgan fingerprint density at radius 3 is 2.85 bits per heavy atom. The highest BCUT2D eigenvalue weighted by molar-refractivity contribution is 8.13. The standard InChI is InChI=1S/C20H24F2N4S/c1-23-20(27-13-15-11-17-8-10-24-19(17)26-12-15)25-9-2-3-14-4-6-16(7-5-14)18(21)22/h4-7,11-12,18H,2-3,8-10,13H2,1H3,(H,23,25)(H,24,26). The molecule has 0 amide bonds. The summed E-state index contributed by atoms with van der Waals surface area (Å²) in [5.74, 6) is 1.84. The second-order valence-electron chi connectivity index (χ2n) is 6.42. The molecule has 0 radical (unpaired) electrons. The van der Waals surface area contributed by atoms with Crippen LogP contribution in [0.4, 0.5) is 14.6 Å². The maximum Gasteiger partial charge on any atom is 0.263 e. The molecule has 0 saturated heterocycles. The van der Waals surface area contributed by atoms with Gasteiger partial charge in [0.25, 0.3) is 6.43 Å². The first-order chi connectivity index (χ1) is 13.2. The summed E-state index contributed by atoms with van der Waals surface area (Å²) in [6, 6.07) is 8.78. The van der Waals surface area contributed by atoms with E-state index in [0.717, 1.165) is 54.7 Å². The van der Waals surface area contributed by atoms with E-state index in [2.05, 4.69) is 26.7 Å². The molecule has 7 heteroatoms. The van der Waals surface area contributed by atoms with Crippen molar-refractivity contribution in [3.63, 3.8) is 0 Å². The molecule has 3 rings (SSSR count). The minimum atomic E-state index is -2.40. The van der Waals surface area contributed by atoms with Crippen molar-refractivity contribution in [2.24, 2.45) is 4.99 Å². The van der Waals surface area contributed by atoms with Crippen molar-refractivity contribution < 1.29 is 8.78 Å². The van der Waals surface area contributed by atoms with Crippen molar-refractivity contribution >= 4 is 22.7 Å². The zero-order valence-electron chi connectivity index (χ0n) is 15.3. The summed E-state index contributed by atoms with van der Waals surface area (Å²) in [6.45, 7) is 1.76. The lowest BCUT2D eigenvalue weighted by Crippen LogP contribution is -2.22. The van der Waals surface area contributed by atoms with Gasteiger partial charge in [-0.15, -0.1) is 0 Å². The predicted molar refractivity (Wildman–Crippen MR) is 109 cm³/mol. The third-order valence-corrected chi connectivity index (χ3v) is 5.52. The number of aromatic nitrogens is 1. The monoisotopic (exact) mass is 390 g/mol. The average molecular weight is 391 g/mol. The van der Waals surface area contributed by atoms with Gasteiger partial charge in [0.2, 0.25) is 0 Å². The molecule has 2 N–H and O–H groups in total. The average Bonchev–Trinajstić information content (AvgIpc) is 3.15. The van der Waals surface area contributed by atoms with Crippen molar-refractivity contribution in [1.82, 2.24) is 10.3 Å². The van der Waals surface area contributed by atoms with E-state index in [9.17, 15) is 8.78 Å². The van der Waals surface area contributed by atoms with Crippen LogP contribution in [0, 0.1) is 0 Å². The largest absolute Gasteiger partial charge is 0.370 e. The third kappa shape index (κ3) is 5.66. The Bertz CT molecular complexity index is 778. The van der Waals surface area contributed by atoms with E-state index >= 15 is 0 Å². The first kappa shape index (κ1) is 19.6.